The molecule has 2 unspecified atom stereocenters. The zero-order valence-electron chi connectivity index (χ0n) is 10.5. The second-order valence-corrected chi connectivity index (χ2v) is 5.01. The molecule has 0 fully saturated rings. The van der Waals surface area contributed by atoms with Crippen LogP contribution in [-0.4, -0.2) is 21.6 Å². The van der Waals surface area contributed by atoms with Gasteiger partial charge in [-0.05, 0) is 36.2 Å². The average Bonchev–Trinajstić information content (AvgIpc) is 2.90. The highest BCUT2D eigenvalue weighted by Crippen LogP contribution is 2.17. The fourth-order valence-electron chi connectivity index (χ4n) is 1.81. The summed E-state index contributed by atoms with van der Waals surface area (Å²) < 4.78 is 0. The number of nitrogens with zero attached hydrogens (tertiary/aromatic N) is 2. The Morgan fingerprint density at radius 3 is 2.83 bits per heavy atom. The van der Waals surface area contributed by atoms with Gasteiger partial charge in [0.25, 0.3) is 0 Å². The fraction of sp³-hybridized carbons (Fsp3) is 0.385. The molecule has 2 atom stereocenters. The van der Waals surface area contributed by atoms with Crippen molar-refractivity contribution in [2.45, 2.75) is 26.0 Å². The summed E-state index contributed by atoms with van der Waals surface area (Å²) in [5.41, 5.74) is 2.80. The van der Waals surface area contributed by atoms with Crippen LogP contribution >= 0.6 is 11.3 Å². The number of aryl methyl sites for hydroxylation is 1. The van der Waals surface area contributed by atoms with Crippen LogP contribution in [0.2, 0.25) is 0 Å². The van der Waals surface area contributed by atoms with Gasteiger partial charge in [0.15, 0.2) is 0 Å². The number of thiophene rings is 1. The lowest BCUT2D eigenvalue weighted by Gasteiger charge is -2.17. The number of hydrogen-bond acceptors (Lipinski definition) is 5. The molecule has 2 aromatic rings. The van der Waals surface area contributed by atoms with Gasteiger partial charge in [0.1, 0.15) is 0 Å². The summed E-state index contributed by atoms with van der Waals surface area (Å²) in [5, 5.41) is 17.2. The lowest BCUT2D eigenvalue weighted by atomic mass is 10.1. The Kier molecular flexibility index (Phi) is 4.41. The smallest absolute Gasteiger partial charge is 0.0922 e. The van der Waals surface area contributed by atoms with Gasteiger partial charge in [0, 0.05) is 25.0 Å². The third-order valence-corrected chi connectivity index (χ3v) is 3.58. The third-order valence-electron chi connectivity index (χ3n) is 2.87. The van der Waals surface area contributed by atoms with E-state index in [0.717, 1.165) is 17.0 Å². The topological polar surface area (TPSA) is 58.0 Å². The largest absolute Gasteiger partial charge is 0.387 e. The highest BCUT2D eigenvalue weighted by atomic mass is 32.1. The highest BCUT2D eigenvalue weighted by Gasteiger charge is 2.13. The Morgan fingerprint density at radius 2 is 2.17 bits per heavy atom. The van der Waals surface area contributed by atoms with E-state index < -0.39 is 6.10 Å². The van der Waals surface area contributed by atoms with Gasteiger partial charge in [-0.15, -0.1) is 0 Å². The number of rotatable bonds is 5. The molecular weight excluding hydrogens is 246 g/mol. The highest BCUT2D eigenvalue weighted by molar-refractivity contribution is 7.07. The number of aromatic nitrogens is 2. The number of nitrogens with one attached hydrogen (secondary N) is 1. The van der Waals surface area contributed by atoms with E-state index in [4.69, 9.17) is 0 Å². The van der Waals surface area contributed by atoms with Crippen LogP contribution in [0, 0.1) is 6.92 Å². The summed E-state index contributed by atoms with van der Waals surface area (Å²) in [6, 6.07) is 2.02. The van der Waals surface area contributed by atoms with E-state index in [9.17, 15) is 5.11 Å². The minimum Gasteiger partial charge on any atom is -0.387 e. The predicted molar refractivity (Wildman–Crippen MR) is 72.5 cm³/mol. The van der Waals surface area contributed by atoms with Crippen LogP contribution in [0.5, 0.6) is 0 Å². The standard InChI is InChI=1S/C13H17N3OS/c1-9-13(15-5-4-14-9)10(2)16-7-12(17)11-3-6-18-8-11/h3-6,8,10,12,16-17H,7H2,1-2H3. The maximum Gasteiger partial charge on any atom is 0.0922 e. The molecule has 2 N–H and O–H groups in total. The molecule has 2 aromatic heterocycles. The van der Waals surface area contributed by atoms with Crippen molar-refractivity contribution in [2.75, 3.05) is 6.54 Å². The summed E-state index contributed by atoms with van der Waals surface area (Å²) in [7, 11) is 0. The van der Waals surface area contributed by atoms with Gasteiger partial charge in [0.2, 0.25) is 0 Å². The predicted octanol–water partition coefficient (Wildman–Crippen LogP) is 2.23. The second kappa shape index (κ2) is 6.04. The van der Waals surface area contributed by atoms with E-state index in [0.29, 0.717) is 6.54 Å². The number of aliphatic hydroxyl groups is 1. The average molecular weight is 263 g/mol. The van der Waals surface area contributed by atoms with Crippen LogP contribution in [0.15, 0.2) is 29.2 Å². The minimum atomic E-state index is -0.476. The van der Waals surface area contributed by atoms with Crippen molar-refractivity contribution in [3.05, 3.63) is 46.2 Å². The number of hydrogen-bond donors (Lipinski definition) is 2. The number of aliphatic hydroxyl groups excluding tert-OH is 1. The fourth-order valence-corrected chi connectivity index (χ4v) is 2.52. The summed E-state index contributed by atoms with van der Waals surface area (Å²) in [4.78, 5) is 8.53. The van der Waals surface area contributed by atoms with Gasteiger partial charge in [0.05, 0.1) is 17.5 Å². The van der Waals surface area contributed by atoms with Gasteiger partial charge in [-0.1, -0.05) is 0 Å². The van der Waals surface area contributed by atoms with Crippen molar-refractivity contribution in [3.8, 4) is 0 Å². The van der Waals surface area contributed by atoms with Gasteiger partial charge in [-0.25, -0.2) is 0 Å². The van der Waals surface area contributed by atoms with E-state index in [1.807, 2.05) is 30.7 Å². The van der Waals surface area contributed by atoms with Crippen LogP contribution in [-0.2, 0) is 0 Å². The van der Waals surface area contributed by atoms with Crippen molar-refractivity contribution in [1.82, 2.24) is 15.3 Å². The van der Waals surface area contributed by atoms with E-state index >= 15 is 0 Å². The van der Waals surface area contributed by atoms with Gasteiger partial charge in [-0.2, -0.15) is 11.3 Å². The van der Waals surface area contributed by atoms with Gasteiger partial charge < -0.3 is 10.4 Å². The van der Waals surface area contributed by atoms with Crippen molar-refractivity contribution in [3.63, 3.8) is 0 Å². The Hall–Kier alpha value is -1.30. The molecule has 5 heteroatoms. The summed E-state index contributed by atoms with van der Waals surface area (Å²) in [5.74, 6) is 0. The maximum absolute atomic E-state index is 9.98. The van der Waals surface area contributed by atoms with Crippen LogP contribution in [0.4, 0.5) is 0 Å². The Bertz CT molecular complexity index is 487. The molecule has 2 rings (SSSR count). The molecule has 18 heavy (non-hydrogen) atoms. The normalized spacial score (nSPS) is 14.4. The third kappa shape index (κ3) is 3.13. The molecule has 2 heterocycles. The summed E-state index contributed by atoms with van der Waals surface area (Å²) >= 11 is 1.59. The van der Waals surface area contributed by atoms with Crippen molar-refractivity contribution >= 4 is 11.3 Å². The van der Waals surface area contributed by atoms with E-state index in [2.05, 4.69) is 15.3 Å². The zero-order valence-corrected chi connectivity index (χ0v) is 11.3. The van der Waals surface area contributed by atoms with E-state index in [1.54, 1.807) is 23.7 Å². The molecule has 96 valence electrons. The second-order valence-electron chi connectivity index (χ2n) is 4.23. The molecule has 0 spiro atoms. The Morgan fingerprint density at radius 1 is 1.39 bits per heavy atom. The first-order chi connectivity index (χ1) is 8.68. The van der Waals surface area contributed by atoms with Crippen molar-refractivity contribution < 1.29 is 5.11 Å². The summed E-state index contributed by atoms with van der Waals surface area (Å²) in [6.07, 6.45) is 2.90. The molecule has 0 bridgehead atoms. The molecule has 0 saturated carbocycles. The van der Waals surface area contributed by atoms with Crippen molar-refractivity contribution in [2.24, 2.45) is 0 Å². The Labute approximate surface area is 111 Å². The van der Waals surface area contributed by atoms with Crippen LogP contribution in [0.3, 0.4) is 0 Å². The zero-order chi connectivity index (χ0) is 13.0. The Balaban J connectivity index is 1.93. The SMILES string of the molecule is Cc1nccnc1C(C)NCC(O)c1ccsc1. The molecule has 0 aliphatic heterocycles. The minimum absolute atomic E-state index is 0.0759. The molecule has 0 radical (unpaired) electrons. The van der Waals surface area contributed by atoms with Crippen molar-refractivity contribution in [1.29, 1.82) is 0 Å². The van der Waals surface area contributed by atoms with Gasteiger partial charge >= 0.3 is 0 Å². The van der Waals surface area contributed by atoms with Gasteiger partial charge in [-0.3, -0.25) is 9.97 Å². The first kappa shape index (κ1) is 13.1. The molecule has 4 nitrogen and oxygen atoms in total. The first-order valence-electron chi connectivity index (χ1n) is 5.89. The van der Waals surface area contributed by atoms with Crippen LogP contribution in [0.1, 0.15) is 36.0 Å². The molecule has 0 amide bonds. The monoisotopic (exact) mass is 263 g/mol. The molecule has 0 aliphatic rings. The lowest BCUT2D eigenvalue weighted by molar-refractivity contribution is 0.171. The molecule has 0 aromatic carbocycles. The van der Waals surface area contributed by atoms with Crippen LogP contribution in [0.25, 0.3) is 0 Å². The molecular formula is C13H17N3OS. The maximum atomic E-state index is 9.98. The van der Waals surface area contributed by atoms with E-state index in [-0.39, 0.29) is 6.04 Å². The first-order valence-corrected chi connectivity index (χ1v) is 6.84. The van der Waals surface area contributed by atoms with E-state index in [1.165, 1.54) is 0 Å². The summed E-state index contributed by atoms with van der Waals surface area (Å²) in [6.45, 7) is 4.47. The van der Waals surface area contributed by atoms with Crippen LogP contribution < -0.4 is 5.32 Å². The molecule has 0 aliphatic carbocycles. The lowest BCUT2D eigenvalue weighted by Crippen LogP contribution is -2.25. The molecule has 0 saturated heterocycles. The quantitative estimate of drug-likeness (QED) is 0.868.